The second kappa shape index (κ2) is 5.75. The van der Waals surface area contributed by atoms with E-state index in [-0.39, 0.29) is 0 Å². The molecule has 0 aliphatic carbocycles. The van der Waals surface area contributed by atoms with E-state index in [0.717, 1.165) is 0 Å². The molecule has 1 heterocycles. The van der Waals surface area contributed by atoms with E-state index in [1.54, 1.807) is 24.8 Å². The lowest BCUT2D eigenvalue weighted by Gasteiger charge is -1.70. The molecule has 3 nitrogen and oxygen atoms in total. The maximum atomic E-state index is 8.00. The van der Waals surface area contributed by atoms with E-state index in [4.69, 9.17) is 4.79 Å². The van der Waals surface area contributed by atoms with Crippen LogP contribution in [0.4, 0.5) is 0 Å². The zero-order chi connectivity index (χ0) is 6.24. The summed E-state index contributed by atoms with van der Waals surface area (Å²) >= 11 is 0. The smallest absolute Gasteiger partial charge is 0.106 e. The highest BCUT2D eigenvalue weighted by Gasteiger charge is 1.59. The summed E-state index contributed by atoms with van der Waals surface area (Å²) in [6.07, 6.45) is 6.56. The maximum absolute atomic E-state index is 8.00. The van der Waals surface area contributed by atoms with Crippen LogP contribution in [0.2, 0.25) is 0 Å². The van der Waals surface area contributed by atoms with Crippen LogP contribution >= 0.6 is 0 Å². The Balaban J connectivity index is 0.000000222. The van der Waals surface area contributed by atoms with Crippen molar-refractivity contribution in [1.29, 1.82) is 0 Å². The normalized spacial score (nSPS) is 6.50. The van der Waals surface area contributed by atoms with Gasteiger partial charge in [0.05, 0.1) is 0 Å². The Bertz CT molecular complexity index is 93.3. The van der Waals surface area contributed by atoms with Gasteiger partial charge in [0, 0.05) is 24.8 Å². The van der Waals surface area contributed by atoms with E-state index in [9.17, 15) is 0 Å². The van der Waals surface area contributed by atoms with Crippen LogP contribution in [0.15, 0.2) is 24.8 Å². The molecule has 0 atom stereocenters. The average molecular weight is 110 g/mol. The van der Waals surface area contributed by atoms with E-state index in [1.807, 2.05) is 6.79 Å². The van der Waals surface area contributed by atoms with Crippen molar-refractivity contribution in [1.82, 2.24) is 9.97 Å². The van der Waals surface area contributed by atoms with Gasteiger partial charge in [0.15, 0.2) is 0 Å². The third kappa shape index (κ3) is 2.96. The lowest BCUT2D eigenvalue weighted by atomic mass is 10.8. The van der Waals surface area contributed by atoms with Crippen molar-refractivity contribution < 1.29 is 4.79 Å². The predicted octanol–water partition coefficient (Wildman–Crippen LogP) is 0.292. The molecule has 0 spiro atoms. The Morgan fingerprint density at radius 3 is 1.25 bits per heavy atom. The highest BCUT2D eigenvalue weighted by Crippen LogP contribution is 1.65. The Morgan fingerprint density at radius 1 is 0.875 bits per heavy atom. The van der Waals surface area contributed by atoms with Gasteiger partial charge in [-0.25, -0.2) is 0 Å². The van der Waals surface area contributed by atoms with Crippen LogP contribution in [-0.4, -0.2) is 16.8 Å². The largest absolute Gasteiger partial charge is 0.307 e. The van der Waals surface area contributed by atoms with Gasteiger partial charge in [0.2, 0.25) is 0 Å². The van der Waals surface area contributed by atoms with Crippen LogP contribution in [0, 0.1) is 0 Å². The first-order valence-corrected chi connectivity index (χ1v) is 1.99. The number of aromatic nitrogens is 2. The lowest BCUT2D eigenvalue weighted by molar-refractivity contribution is -0.0979. The SMILES string of the molecule is C=O.c1cnccn1. The zero-order valence-corrected chi connectivity index (χ0v) is 4.32. The highest BCUT2D eigenvalue weighted by molar-refractivity contribution is 5.10. The Kier molecular flexibility index (Phi) is 4.85. The quantitative estimate of drug-likeness (QED) is 0.482. The van der Waals surface area contributed by atoms with E-state index in [2.05, 4.69) is 9.97 Å². The van der Waals surface area contributed by atoms with Gasteiger partial charge in [-0.3, -0.25) is 9.97 Å². The summed E-state index contributed by atoms with van der Waals surface area (Å²) in [7, 11) is 0. The predicted molar refractivity (Wildman–Crippen MR) is 29.2 cm³/mol. The van der Waals surface area contributed by atoms with Crippen molar-refractivity contribution in [2.75, 3.05) is 0 Å². The number of carbonyl (C=O) groups is 1. The monoisotopic (exact) mass is 110 g/mol. The van der Waals surface area contributed by atoms with Crippen molar-refractivity contribution in [2.45, 2.75) is 0 Å². The Morgan fingerprint density at radius 2 is 1.12 bits per heavy atom. The molecule has 0 N–H and O–H groups in total. The molecule has 0 amide bonds. The molecule has 0 saturated carbocycles. The van der Waals surface area contributed by atoms with E-state index >= 15 is 0 Å². The van der Waals surface area contributed by atoms with Crippen LogP contribution in [-0.2, 0) is 4.79 Å². The molecule has 0 aliphatic heterocycles. The van der Waals surface area contributed by atoms with Crippen LogP contribution in [0.1, 0.15) is 0 Å². The molecule has 1 rings (SSSR count). The highest BCUT2D eigenvalue weighted by atomic mass is 16.1. The molecule has 3 heteroatoms. The first-order valence-electron chi connectivity index (χ1n) is 1.99. The first-order chi connectivity index (χ1) is 4.00. The third-order valence-electron chi connectivity index (χ3n) is 0.478. The van der Waals surface area contributed by atoms with Crippen LogP contribution in [0.3, 0.4) is 0 Å². The summed E-state index contributed by atoms with van der Waals surface area (Å²) in [5, 5.41) is 0. The molecule has 0 bridgehead atoms. The molecule has 0 radical (unpaired) electrons. The van der Waals surface area contributed by atoms with Gasteiger partial charge in [-0.15, -0.1) is 0 Å². The van der Waals surface area contributed by atoms with Crippen LogP contribution in [0.25, 0.3) is 0 Å². The van der Waals surface area contributed by atoms with Gasteiger partial charge in [0.25, 0.3) is 0 Å². The zero-order valence-electron chi connectivity index (χ0n) is 4.32. The molecule has 0 aromatic carbocycles. The van der Waals surface area contributed by atoms with Gasteiger partial charge >= 0.3 is 0 Å². The molecule has 0 unspecified atom stereocenters. The van der Waals surface area contributed by atoms with Gasteiger partial charge in [-0.1, -0.05) is 0 Å². The molecule has 8 heavy (non-hydrogen) atoms. The lowest BCUT2D eigenvalue weighted by Crippen LogP contribution is -1.66. The summed E-state index contributed by atoms with van der Waals surface area (Å²) in [5.74, 6) is 0. The van der Waals surface area contributed by atoms with Crippen molar-refractivity contribution in [3.8, 4) is 0 Å². The Labute approximate surface area is 47.4 Å². The van der Waals surface area contributed by atoms with Crippen LogP contribution < -0.4 is 0 Å². The van der Waals surface area contributed by atoms with Crippen molar-refractivity contribution in [2.24, 2.45) is 0 Å². The number of nitrogens with zero attached hydrogens (tertiary/aromatic N) is 2. The minimum atomic E-state index is 1.64. The summed E-state index contributed by atoms with van der Waals surface area (Å²) in [5.41, 5.74) is 0. The second-order valence-corrected chi connectivity index (χ2v) is 0.894. The van der Waals surface area contributed by atoms with Gasteiger partial charge < -0.3 is 4.79 Å². The molecule has 0 saturated heterocycles. The Hall–Kier alpha value is -1.25. The van der Waals surface area contributed by atoms with Crippen molar-refractivity contribution in [3.05, 3.63) is 24.8 Å². The fourth-order valence-corrected chi connectivity index (χ4v) is 0.253. The average Bonchev–Trinajstić information content (AvgIpc) is 1.96. The summed E-state index contributed by atoms with van der Waals surface area (Å²) in [6.45, 7) is 2.00. The fourth-order valence-electron chi connectivity index (χ4n) is 0.253. The topological polar surface area (TPSA) is 42.9 Å². The van der Waals surface area contributed by atoms with Gasteiger partial charge in [0.1, 0.15) is 6.79 Å². The van der Waals surface area contributed by atoms with Crippen molar-refractivity contribution >= 4 is 6.79 Å². The van der Waals surface area contributed by atoms with E-state index < -0.39 is 0 Å². The van der Waals surface area contributed by atoms with Crippen molar-refractivity contribution in [3.63, 3.8) is 0 Å². The maximum Gasteiger partial charge on any atom is 0.106 e. The minimum absolute atomic E-state index is 1.64. The molecule has 42 valence electrons. The molecular weight excluding hydrogens is 104 g/mol. The molecular formula is C5H6N2O. The van der Waals surface area contributed by atoms with Gasteiger partial charge in [-0.05, 0) is 0 Å². The number of rotatable bonds is 0. The summed E-state index contributed by atoms with van der Waals surface area (Å²) < 4.78 is 0. The summed E-state index contributed by atoms with van der Waals surface area (Å²) in [6, 6.07) is 0. The summed E-state index contributed by atoms with van der Waals surface area (Å²) in [4.78, 5) is 15.4. The van der Waals surface area contributed by atoms with Crippen LogP contribution in [0.5, 0.6) is 0 Å². The second-order valence-electron chi connectivity index (χ2n) is 0.894. The van der Waals surface area contributed by atoms with E-state index in [0.29, 0.717) is 0 Å². The molecule has 0 fully saturated rings. The minimum Gasteiger partial charge on any atom is -0.307 e. The number of carbonyl (C=O) groups excluding carboxylic acids is 1. The standard InChI is InChI=1S/C4H4N2.CH2O/c1-2-6-4-3-5-1;1-2/h1-4H;1H2. The van der Waals surface area contributed by atoms with Gasteiger partial charge in [-0.2, -0.15) is 0 Å². The number of hydrogen-bond acceptors (Lipinski definition) is 3. The number of hydrogen-bond donors (Lipinski definition) is 0. The van der Waals surface area contributed by atoms with E-state index in [1.165, 1.54) is 0 Å². The molecule has 1 aromatic rings. The fraction of sp³-hybridized carbons (Fsp3) is 0. The first kappa shape index (κ1) is 6.75. The molecule has 0 aliphatic rings. The molecule has 1 aromatic heterocycles. The third-order valence-corrected chi connectivity index (χ3v) is 0.478.